The van der Waals surface area contributed by atoms with E-state index in [2.05, 4.69) is 13.8 Å². The lowest BCUT2D eigenvalue weighted by Crippen LogP contribution is -2.26. The van der Waals surface area contributed by atoms with Gasteiger partial charge >= 0.3 is 0 Å². The average Bonchev–Trinajstić information content (AvgIpc) is 2.18. The third kappa shape index (κ3) is 2.98. The second-order valence-electron chi connectivity index (χ2n) is 4.61. The van der Waals surface area contributed by atoms with E-state index in [0.29, 0.717) is 6.61 Å². The van der Waals surface area contributed by atoms with Gasteiger partial charge in [-0.3, -0.25) is 0 Å². The van der Waals surface area contributed by atoms with Crippen molar-refractivity contribution in [3.8, 4) is 0 Å². The summed E-state index contributed by atoms with van der Waals surface area (Å²) in [7, 11) is 0. The molecule has 0 aliphatic heterocycles. The Balaban J connectivity index is 2.45. The van der Waals surface area contributed by atoms with Crippen molar-refractivity contribution in [1.82, 2.24) is 0 Å². The number of aliphatic hydroxyl groups is 1. The molecule has 1 saturated carbocycles. The van der Waals surface area contributed by atoms with Crippen LogP contribution in [0, 0.1) is 17.8 Å². The maximum Gasteiger partial charge on any atom is 0.0433 e. The first-order chi connectivity index (χ1) is 6.29. The van der Waals surface area contributed by atoms with Crippen LogP contribution in [0.25, 0.3) is 0 Å². The normalized spacial score (nSPS) is 31.6. The fourth-order valence-electron chi connectivity index (χ4n) is 2.81. The van der Waals surface area contributed by atoms with Crippen LogP contribution in [0.15, 0.2) is 0 Å². The van der Waals surface area contributed by atoms with Crippen LogP contribution in [0.5, 0.6) is 0 Å². The smallest absolute Gasteiger partial charge is 0.0433 e. The SMILES string of the molecule is CC[C@H](C)C1CCCCC1CCO. The molecule has 0 saturated heterocycles. The molecule has 1 heteroatoms. The quantitative estimate of drug-likeness (QED) is 0.711. The van der Waals surface area contributed by atoms with Crippen molar-refractivity contribution in [3.63, 3.8) is 0 Å². The monoisotopic (exact) mass is 184 g/mol. The highest BCUT2D eigenvalue weighted by atomic mass is 16.3. The van der Waals surface area contributed by atoms with Crippen molar-refractivity contribution in [3.05, 3.63) is 0 Å². The molecule has 0 aromatic rings. The van der Waals surface area contributed by atoms with Crippen molar-refractivity contribution in [2.24, 2.45) is 17.8 Å². The summed E-state index contributed by atoms with van der Waals surface area (Å²) in [5.41, 5.74) is 0. The summed E-state index contributed by atoms with van der Waals surface area (Å²) in [6, 6.07) is 0. The zero-order chi connectivity index (χ0) is 9.68. The molecule has 0 amide bonds. The van der Waals surface area contributed by atoms with Crippen molar-refractivity contribution >= 4 is 0 Å². The van der Waals surface area contributed by atoms with Gasteiger partial charge in [0.15, 0.2) is 0 Å². The third-order valence-corrected chi connectivity index (χ3v) is 3.84. The summed E-state index contributed by atoms with van der Waals surface area (Å²) >= 11 is 0. The van der Waals surface area contributed by atoms with Gasteiger partial charge in [-0.2, -0.15) is 0 Å². The first-order valence-electron chi connectivity index (χ1n) is 5.90. The number of hydrogen-bond donors (Lipinski definition) is 1. The molecule has 1 aliphatic carbocycles. The van der Waals surface area contributed by atoms with Crippen LogP contribution in [-0.4, -0.2) is 11.7 Å². The molecular formula is C12H24O. The highest BCUT2D eigenvalue weighted by Crippen LogP contribution is 2.37. The van der Waals surface area contributed by atoms with Gasteiger partial charge in [-0.1, -0.05) is 39.5 Å². The first kappa shape index (κ1) is 11.0. The standard InChI is InChI=1S/C12H24O/c1-3-10(2)12-7-5-4-6-11(12)8-9-13/h10-13H,3-9H2,1-2H3/t10-,11?,12?/m0/s1. The minimum absolute atomic E-state index is 0.387. The van der Waals surface area contributed by atoms with Gasteiger partial charge in [0.25, 0.3) is 0 Å². The van der Waals surface area contributed by atoms with Gasteiger partial charge in [0, 0.05) is 6.61 Å². The number of aliphatic hydroxyl groups excluding tert-OH is 1. The van der Waals surface area contributed by atoms with Crippen LogP contribution in [-0.2, 0) is 0 Å². The van der Waals surface area contributed by atoms with E-state index in [4.69, 9.17) is 5.11 Å². The molecule has 0 aromatic carbocycles. The van der Waals surface area contributed by atoms with E-state index in [1.165, 1.54) is 32.1 Å². The lowest BCUT2D eigenvalue weighted by Gasteiger charge is -2.35. The highest BCUT2D eigenvalue weighted by molar-refractivity contribution is 4.78. The van der Waals surface area contributed by atoms with Crippen molar-refractivity contribution in [1.29, 1.82) is 0 Å². The Morgan fingerprint density at radius 1 is 1.31 bits per heavy atom. The molecule has 78 valence electrons. The Bertz CT molecular complexity index is 131. The van der Waals surface area contributed by atoms with E-state index in [1.54, 1.807) is 0 Å². The Labute approximate surface area is 82.5 Å². The van der Waals surface area contributed by atoms with Gasteiger partial charge < -0.3 is 5.11 Å². The summed E-state index contributed by atoms with van der Waals surface area (Å²) in [4.78, 5) is 0. The molecule has 0 bridgehead atoms. The molecule has 0 heterocycles. The minimum atomic E-state index is 0.387. The highest BCUT2D eigenvalue weighted by Gasteiger charge is 2.27. The van der Waals surface area contributed by atoms with Crippen LogP contribution < -0.4 is 0 Å². The summed E-state index contributed by atoms with van der Waals surface area (Å²) in [6.45, 7) is 5.05. The van der Waals surface area contributed by atoms with E-state index >= 15 is 0 Å². The van der Waals surface area contributed by atoms with Crippen LogP contribution in [0.1, 0.15) is 52.4 Å². The van der Waals surface area contributed by atoms with Gasteiger partial charge in [-0.25, -0.2) is 0 Å². The van der Waals surface area contributed by atoms with E-state index in [0.717, 1.165) is 24.2 Å². The minimum Gasteiger partial charge on any atom is -0.396 e. The molecule has 1 nitrogen and oxygen atoms in total. The predicted octanol–water partition coefficient (Wildman–Crippen LogP) is 3.22. The van der Waals surface area contributed by atoms with E-state index in [1.807, 2.05) is 0 Å². The van der Waals surface area contributed by atoms with Gasteiger partial charge in [0.1, 0.15) is 0 Å². The summed E-state index contributed by atoms with van der Waals surface area (Å²) in [5.74, 6) is 2.57. The molecule has 3 atom stereocenters. The zero-order valence-electron chi connectivity index (χ0n) is 9.13. The first-order valence-corrected chi connectivity index (χ1v) is 5.90. The fourth-order valence-corrected chi connectivity index (χ4v) is 2.81. The summed E-state index contributed by atoms with van der Waals surface area (Å²) < 4.78 is 0. The maximum atomic E-state index is 8.99. The molecule has 13 heavy (non-hydrogen) atoms. The van der Waals surface area contributed by atoms with Crippen LogP contribution in [0.2, 0.25) is 0 Å². The second-order valence-corrected chi connectivity index (χ2v) is 4.61. The van der Waals surface area contributed by atoms with Crippen LogP contribution >= 0.6 is 0 Å². The van der Waals surface area contributed by atoms with Gasteiger partial charge in [-0.15, -0.1) is 0 Å². The molecule has 0 aromatic heterocycles. The Hall–Kier alpha value is -0.0400. The van der Waals surface area contributed by atoms with Crippen molar-refractivity contribution < 1.29 is 5.11 Å². The summed E-state index contributed by atoms with van der Waals surface area (Å²) in [6.07, 6.45) is 7.89. The number of rotatable bonds is 4. The summed E-state index contributed by atoms with van der Waals surface area (Å²) in [5, 5.41) is 8.99. The molecule has 2 unspecified atom stereocenters. The van der Waals surface area contributed by atoms with E-state index < -0.39 is 0 Å². The Kier molecular flexibility index (Phi) is 4.79. The molecule has 1 N–H and O–H groups in total. The third-order valence-electron chi connectivity index (χ3n) is 3.84. The maximum absolute atomic E-state index is 8.99. The molecule has 1 aliphatic rings. The molecule has 1 fully saturated rings. The number of hydrogen-bond acceptors (Lipinski definition) is 1. The van der Waals surface area contributed by atoms with Crippen molar-refractivity contribution in [2.45, 2.75) is 52.4 Å². The van der Waals surface area contributed by atoms with Crippen LogP contribution in [0.4, 0.5) is 0 Å². The molecule has 0 spiro atoms. The van der Waals surface area contributed by atoms with Gasteiger partial charge in [0.2, 0.25) is 0 Å². The molecule has 0 radical (unpaired) electrons. The van der Waals surface area contributed by atoms with Crippen molar-refractivity contribution in [2.75, 3.05) is 6.61 Å². The second kappa shape index (κ2) is 5.64. The topological polar surface area (TPSA) is 20.2 Å². The average molecular weight is 184 g/mol. The zero-order valence-corrected chi connectivity index (χ0v) is 9.13. The van der Waals surface area contributed by atoms with Gasteiger partial charge in [0.05, 0.1) is 0 Å². The lowest BCUT2D eigenvalue weighted by atomic mass is 9.71. The van der Waals surface area contributed by atoms with Gasteiger partial charge in [-0.05, 0) is 30.6 Å². The van der Waals surface area contributed by atoms with E-state index in [-0.39, 0.29) is 0 Å². The predicted molar refractivity (Wildman–Crippen MR) is 56.6 cm³/mol. The van der Waals surface area contributed by atoms with E-state index in [9.17, 15) is 0 Å². The molecule has 1 rings (SSSR count). The fraction of sp³-hybridized carbons (Fsp3) is 1.00. The Morgan fingerprint density at radius 2 is 2.00 bits per heavy atom. The Morgan fingerprint density at radius 3 is 2.62 bits per heavy atom. The lowest BCUT2D eigenvalue weighted by molar-refractivity contribution is 0.132. The molecular weight excluding hydrogens is 160 g/mol. The largest absolute Gasteiger partial charge is 0.396 e. The van der Waals surface area contributed by atoms with Crippen LogP contribution in [0.3, 0.4) is 0 Å².